The van der Waals surface area contributed by atoms with Gasteiger partial charge in [0.05, 0.1) is 11.1 Å². The molecule has 0 N–H and O–H groups in total. The fourth-order valence-corrected chi connectivity index (χ4v) is 7.95. The van der Waals surface area contributed by atoms with E-state index in [1.54, 1.807) is 4.90 Å². The quantitative estimate of drug-likeness (QED) is 0.112. The number of anilines is 6. The molecule has 294 valence electrons. The van der Waals surface area contributed by atoms with Gasteiger partial charge in [-0.05, 0) is 141 Å². The summed E-state index contributed by atoms with van der Waals surface area (Å²) in [6, 6.07) is 62.2. The van der Waals surface area contributed by atoms with E-state index in [0.717, 1.165) is 79.6 Å². The molecule has 0 bridgehead atoms. The molecule has 0 fully saturated rings. The molecule has 0 radical (unpaired) electrons. The molecule has 60 heavy (non-hydrogen) atoms. The van der Waals surface area contributed by atoms with Gasteiger partial charge in [-0.25, -0.2) is 0 Å². The van der Waals surface area contributed by atoms with E-state index in [9.17, 15) is 26.3 Å². The molecule has 9 aromatic carbocycles. The Bertz CT molecular complexity index is 2790. The molecule has 0 atom stereocenters. The summed E-state index contributed by atoms with van der Waals surface area (Å²) in [4.78, 5) is 3.73. The minimum absolute atomic E-state index is 0.350. The lowest BCUT2D eigenvalue weighted by molar-refractivity contribution is -0.138. The third kappa shape index (κ3) is 7.32. The van der Waals surface area contributed by atoms with E-state index in [4.69, 9.17) is 0 Å². The summed E-state index contributed by atoms with van der Waals surface area (Å²) in [5.74, 6) is 0. The summed E-state index contributed by atoms with van der Waals surface area (Å²) >= 11 is 0. The minimum atomic E-state index is -4.55. The van der Waals surface area contributed by atoms with Gasteiger partial charge in [0.1, 0.15) is 0 Å². The molecule has 0 aromatic heterocycles. The monoisotopic (exact) mass is 800 g/mol. The Balaban J connectivity index is 1.12. The SMILES string of the molecule is FC(F)(F)c1ccc(N(c2ccc(N(c3ccccc3)c3ccc(-c4c5ccccc5c(-c5ccccc5)c5ccccc45)cc3)cc2)c2ccc(C(F)(F)F)cc2)cc1. The Morgan fingerprint density at radius 1 is 0.250 bits per heavy atom. The average Bonchev–Trinajstić information content (AvgIpc) is 3.27. The van der Waals surface area contributed by atoms with Crippen LogP contribution >= 0.6 is 0 Å². The maximum Gasteiger partial charge on any atom is 0.416 e. The van der Waals surface area contributed by atoms with E-state index in [1.807, 2.05) is 60.7 Å². The summed E-state index contributed by atoms with van der Waals surface area (Å²) in [6.07, 6.45) is -9.10. The second kappa shape index (κ2) is 15.5. The predicted octanol–water partition coefficient (Wildman–Crippen LogP) is 16.3. The fourth-order valence-electron chi connectivity index (χ4n) is 7.95. The predicted molar refractivity (Wildman–Crippen MR) is 232 cm³/mol. The second-order valence-corrected chi connectivity index (χ2v) is 14.4. The highest BCUT2D eigenvalue weighted by Crippen LogP contribution is 2.45. The number of nitrogens with zero attached hydrogens (tertiary/aromatic N) is 2. The molecular weight excluding hydrogens is 767 g/mol. The highest BCUT2D eigenvalue weighted by molar-refractivity contribution is 6.21. The van der Waals surface area contributed by atoms with Gasteiger partial charge in [0.2, 0.25) is 0 Å². The Morgan fingerprint density at radius 3 is 0.833 bits per heavy atom. The second-order valence-electron chi connectivity index (χ2n) is 14.4. The molecule has 0 aliphatic rings. The summed E-state index contributed by atoms with van der Waals surface area (Å²) in [5.41, 5.74) is 6.68. The lowest BCUT2D eigenvalue weighted by Crippen LogP contribution is -2.13. The van der Waals surface area contributed by atoms with Gasteiger partial charge in [-0.3, -0.25) is 0 Å². The number of halogens is 6. The van der Waals surface area contributed by atoms with Crippen molar-refractivity contribution < 1.29 is 26.3 Å². The third-order valence-electron chi connectivity index (χ3n) is 10.7. The van der Waals surface area contributed by atoms with Gasteiger partial charge in [0.25, 0.3) is 0 Å². The Morgan fingerprint density at radius 2 is 0.500 bits per heavy atom. The highest BCUT2D eigenvalue weighted by Gasteiger charge is 2.32. The van der Waals surface area contributed by atoms with E-state index in [2.05, 4.69) is 102 Å². The van der Waals surface area contributed by atoms with Crippen LogP contribution in [-0.4, -0.2) is 0 Å². The molecule has 0 saturated heterocycles. The molecule has 0 heterocycles. The van der Waals surface area contributed by atoms with Crippen LogP contribution in [0.1, 0.15) is 11.1 Å². The number of fused-ring (bicyclic) bond motifs is 2. The van der Waals surface area contributed by atoms with Gasteiger partial charge in [0, 0.05) is 34.1 Å². The molecule has 2 nitrogen and oxygen atoms in total. The number of hydrogen-bond acceptors (Lipinski definition) is 2. The van der Waals surface area contributed by atoms with Gasteiger partial charge >= 0.3 is 12.4 Å². The first-order valence-corrected chi connectivity index (χ1v) is 19.2. The van der Waals surface area contributed by atoms with Crippen molar-refractivity contribution in [1.29, 1.82) is 0 Å². The van der Waals surface area contributed by atoms with Crippen LogP contribution in [-0.2, 0) is 12.4 Å². The van der Waals surface area contributed by atoms with Crippen LogP contribution in [0.4, 0.5) is 60.5 Å². The standard InChI is InChI=1S/C52H34F6N2/c53-51(54,55)37-21-27-41(28-22-37)60(42-29-23-38(24-30-42)52(56,57)58)44-33-31-43(32-34-44)59(39-13-5-2-6-14-39)40-25-19-36(20-26-40)50-47-17-9-7-15-45(47)49(35-11-3-1-4-12-35)46-16-8-10-18-48(46)50/h1-34H. The normalized spacial score (nSPS) is 11.8. The zero-order valence-electron chi connectivity index (χ0n) is 31.8. The van der Waals surface area contributed by atoms with E-state index in [1.165, 1.54) is 29.8 Å². The largest absolute Gasteiger partial charge is 0.416 e. The summed E-state index contributed by atoms with van der Waals surface area (Å²) in [6.45, 7) is 0. The van der Waals surface area contributed by atoms with Crippen molar-refractivity contribution >= 4 is 55.7 Å². The van der Waals surface area contributed by atoms with Crippen LogP contribution in [0.15, 0.2) is 206 Å². The van der Waals surface area contributed by atoms with Crippen molar-refractivity contribution in [2.24, 2.45) is 0 Å². The molecule has 9 rings (SSSR count). The van der Waals surface area contributed by atoms with Crippen molar-refractivity contribution in [2.75, 3.05) is 9.80 Å². The molecule has 0 aliphatic heterocycles. The molecular formula is C52H34F6N2. The molecule has 8 heteroatoms. The van der Waals surface area contributed by atoms with E-state index < -0.39 is 23.5 Å². The minimum Gasteiger partial charge on any atom is -0.311 e. The van der Waals surface area contributed by atoms with Crippen LogP contribution in [0.5, 0.6) is 0 Å². The number of hydrogen-bond donors (Lipinski definition) is 0. The van der Waals surface area contributed by atoms with Gasteiger partial charge in [-0.15, -0.1) is 0 Å². The smallest absolute Gasteiger partial charge is 0.311 e. The van der Waals surface area contributed by atoms with Crippen molar-refractivity contribution in [3.63, 3.8) is 0 Å². The average molecular weight is 801 g/mol. The Hall–Kier alpha value is -7.32. The number of alkyl halides is 6. The first-order valence-electron chi connectivity index (χ1n) is 19.2. The summed E-state index contributed by atoms with van der Waals surface area (Å²) in [7, 11) is 0. The highest BCUT2D eigenvalue weighted by atomic mass is 19.4. The number of benzene rings is 9. The van der Waals surface area contributed by atoms with Gasteiger partial charge in [-0.1, -0.05) is 109 Å². The van der Waals surface area contributed by atoms with Gasteiger partial charge in [-0.2, -0.15) is 26.3 Å². The molecule has 0 amide bonds. The molecule has 9 aromatic rings. The first-order chi connectivity index (χ1) is 29.0. The van der Waals surface area contributed by atoms with E-state index in [0.29, 0.717) is 17.1 Å². The van der Waals surface area contributed by atoms with E-state index >= 15 is 0 Å². The third-order valence-corrected chi connectivity index (χ3v) is 10.7. The maximum absolute atomic E-state index is 13.5. The topological polar surface area (TPSA) is 6.48 Å². The zero-order chi connectivity index (χ0) is 41.4. The van der Waals surface area contributed by atoms with Crippen LogP contribution in [0.25, 0.3) is 43.8 Å². The number of para-hydroxylation sites is 1. The van der Waals surface area contributed by atoms with Crippen LogP contribution in [0.2, 0.25) is 0 Å². The summed E-state index contributed by atoms with van der Waals surface area (Å²) in [5, 5.41) is 4.61. The fraction of sp³-hybridized carbons (Fsp3) is 0.0385. The van der Waals surface area contributed by atoms with Crippen molar-refractivity contribution in [1.82, 2.24) is 0 Å². The van der Waals surface area contributed by atoms with Gasteiger partial charge in [0.15, 0.2) is 0 Å². The van der Waals surface area contributed by atoms with Crippen molar-refractivity contribution in [3.05, 3.63) is 217 Å². The van der Waals surface area contributed by atoms with Crippen LogP contribution in [0.3, 0.4) is 0 Å². The lowest BCUT2D eigenvalue weighted by atomic mass is 9.86. The first kappa shape index (κ1) is 38.2. The zero-order valence-corrected chi connectivity index (χ0v) is 31.8. The lowest BCUT2D eigenvalue weighted by Gasteiger charge is -2.29. The van der Waals surface area contributed by atoms with Crippen molar-refractivity contribution in [2.45, 2.75) is 12.4 Å². The molecule has 0 saturated carbocycles. The molecule has 0 spiro atoms. The Kier molecular flexibility index (Phi) is 9.84. The molecule has 0 aliphatic carbocycles. The Labute approximate surface area is 342 Å². The van der Waals surface area contributed by atoms with Crippen LogP contribution in [0, 0.1) is 0 Å². The van der Waals surface area contributed by atoms with Crippen molar-refractivity contribution in [3.8, 4) is 22.3 Å². The number of rotatable bonds is 8. The van der Waals surface area contributed by atoms with Crippen LogP contribution < -0.4 is 9.80 Å². The maximum atomic E-state index is 13.5. The molecule has 0 unspecified atom stereocenters. The van der Waals surface area contributed by atoms with Gasteiger partial charge < -0.3 is 9.80 Å². The van der Waals surface area contributed by atoms with E-state index in [-0.39, 0.29) is 0 Å². The summed E-state index contributed by atoms with van der Waals surface area (Å²) < 4.78 is 81.0.